The van der Waals surface area contributed by atoms with Crippen molar-refractivity contribution in [2.24, 2.45) is 5.10 Å². The van der Waals surface area contributed by atoms with Crippen LogP contribution < -0.4 is 5.43 Å². The van der Waals surface area contributed by atoms with Crippen molar-refractivity contribution in [1.29, 1.82) is 0 Å². The number of hydrogen-bond acceptors (Lipinski definition) is 5. The number of phenols is 1. The monoisotopic (exact) mass is 353 g/mol. The van der Waals surface area contributed by atoms with Crippen molar-refractivity contribution < 1.29 is 14.8 Å². The van der Waals surface area contributed by atoms with E-state index >= 15 is 0 Å². The largest absolute Gasteiger partial charge is 0.502 e. The molecule has 0 heterocycles. The van der Waals surface area contributed by atoms with Crippen LogP contribution >= 0.6 is 23.2 Å². The van der Waals surface area contributed by atoms with Gasteiger partial charge in [-0.15, -0.1) is 0 Å². The van der Waals surface area contributed by atoms with Gasteiger partial charge in [0.1, 0.15) is 0 Å². The molecule has 23 heavy (non-hydrogen) atoms. The highest BCUT2D eigenvalue weighted by Crippen LogP contribution is 2.32. The summed E-state index contributed by atoms with van der Waals surface area (Å²) in [5, 5.41) is 24.7. The van der Waals surface area contributed by atoms with Crippen LogP contribution in [0.25, 0.3) is 0 Å². The van der Waals surface area contributed by atoms with Crippen molar-refractivity contribution in [3.63, 3.8) is 0 Å². The molecule has 0 aliphatic rings. The SMILES string of the molecule is O=C(N/N=C\c1cc(Cl)cc([N+](=O)[O-])c1O)c1ccc(Cl)cc1. The fourth-order valence-electron chi connectivity index (χ4n) is 1.67. The van der Waals surface area contributed by atoms with Gasteiger partial charge in [-0.1, -0.05) is 23.2 Å². The summed E-state index contributed by atoms with van der Waals surface area (Å²) in [6, 6.07) is 8.41. The second-order valence-electron chi connectivity index (χ2n) is 4.33. The van der Waals surface area contributed by atoms with Gasteiger partial charge in [0.2, 0.25) is 5.75 Å². The van der Waals surface area contributed by atoms with E-state index in [0.29, 0.717) is 10.6 Å². The molecule has 7 nitrogen and oxygen atoms in total. The van der Waals surface area contributed by atoms with Crippen molar-refractivity contribution >= 4 is 41.0 Å². The zero-order valence-corrected chi connectivity index (χ0v) is 12.9. The minimum atomic E-state index is -0.773. The van der Waals surface area contributed by atoms with Gasteiger partial charge < -0.3 is 5.11 Å². The van der Waals surface area contributed by atoms with Crippen molar-refractivity contribution in [3.8, 4) is 5.75 Å². The summed E-state index contributed by atoms with van der Waals surface area (Å²) in [7, 11) is 0. The second kappa shape index (κ2) is 7.08. The Morgan fingerprint density at radius 1 is 1.22 bits per heavy atom. The van der Waals surface area contributed by atoms with Gasteiger partial charge in [0.05, 0.1) is 11.1 Å². The van der Waals surface area contributed by atoms with Crippen LogP contribution in [0.15, 0.2) is 41.5 Å². The molecule has 0 spiro atoms. The zero-order chi connectivity index (χ0) is 17.0. The summed E-state index contributed by atoms with van der Waals surface area (Å²) in [5.74, 6) is -1.10. The van der Waals surface area contributed by atoms with Gasteiger partial charge in [-0.2, -0.15) is 5.10 Å². The number of nitro benzene ring substituents is 1. The van der Waals surface area contributed by atoms with E-state index in [1.54, 1.807) is 12.1 Å². The molecule has 0 aromatic heterocycles. The summed E-state index contributed by atoms with van der Waals surface area (Å²) in [4.78, 5) is 21.8. The lowest BCUT2D eigenvalue weighted by molar-refractivity contribution is -0.385. The van der Waals surface area contributed by atoms with Gasteiger partial charge in [0, 0.05) is 27.2 Å². The van der Waals surface area contributed by atoms with Crippen molar-refractivity contribution in [3.05, 3.63) is 67.7 Å². The first-order valence-corrected chi connectivity index (χ1v) is 6.90. The summed E-state index contributed by atoms with van der Waals surface area (Å²) >= 11 is 11.5. The number of halogens is 2. The van der Waals surface area contributed by atoms with E-state index in [2.05, 4.69) is 10.5 Å². The van der Waals surface area contributed by atoms with Crippen molar-refractivity contribution in [2.75, 3.05) is 0 Å². The first-order chi connectivity index (χ1) is 10.9. The molecule has 0 unspecified atom stereocenters. The third-order valence-corrected chi connectivity index (χ3v) is 3.23. The van der Waals surface area contributed by atoms with Crippen LogP contribution in [0.3, 0.4) is 0 Å². The number of phenolic OH excluding ortho intramolecular Hbond substituents is 1. The van der Waals surface area contributed by atoms with E-state index in [4.69, 9.17) is 23.2 Å². The molecule has 118 valence electrons. The number of aromatic hydroxyl groups is 1. The number of nitrogens with zero attached hydrogens (tertiary/aromatic N) is 2. The number of amides is 1. The molecule has 2 aromatic rings. The van der Waals surface area contributed by atoms with Crippen LogP contribution in [-0.2, 0) is 0 Å². The molecule has 0 aliphatic carbocycles. The molecule has 2 rings (SSSR count). The average molecular weight is 354 g/mol. The molecule has 0 saturated carbocycles. The summed E-state index contributed by atoms with van der Waals surface area (Å²) in [6.45, 7) is 0. The first-order valence-electron chi connectivity index (χ1n) is 6.14. The number of nitrogens with one attached hydrogen (secondary N) is 1. The lowest BCUT2D eigenvalue weighted by Gasteiger charge is -2.02. The van der Waals surface area contributed by atoms with Crippen LogP contribution in [0.1, 0.15) is 15.9 Å². The van der Waals surface area contributed by atoms with Gasteiger partial charge in [0.15, 0.2) is 0 Å². The molecule has 0 atom stereocenters. The normalized spacial score (nSPS) is 10.7. The van der Waals surface area contributed by atoms with Crippen molar-refractivity contribution in [2.45, 2.75) is 0 Å². The van der Waals surface area contributed by atoms with E-state index in [-0.39, 0.29) is 10.6 Å². The Kier molecular flexibility index (Phi) is 5.15. The number of nitro groups is 1. The highest BCUT2D eigenvalue weighted by atomic mass is 35.5. The van der Waals surface area contributed by atoms with E-state index in [1.807, 2.05) is 0 Å². The number of hydrazone groups is 1. The Bertz CT molecular complexity index is 791. The summed E-state index contributed by atoms with van der Waals surface area (Å²) in [6.07, 6.45) is 1.06. The van der Waals surface area contributed by atoms with Gasteiger partial charge in [-0.3, -0.25) is 14.9 Å². The average Bonchev–Trinajstić information content (AvgIpc) is 2.50. The predicted octanol–water partition coefficient (Wildman–Crippen LogP) is 3.37. The number of carbonyl (C=O) groups is 1. The fraction of sp³-hybridized carbons (Fsp3) is 0. The molecular weight excluding hydrogens is 345 g/mol. The highest BCUT2D eigenvalue weighted by Gasteiger charge is 2.17. The van der Waals surface area contributed by atoms with Crippen LogP contribution in [0.5, 0.6) is 5.75 Å². The van der Waals surface area contributed by atoms with Crippen LogP contribution in [0.2, 0.25) is 10.0 Å². The minimum Gasteiger partial charge on any atom is -0.502 e. The number of hydrogen-bond donors (Lipinski definition) is 2. The summed E-state index contributed by atoms with van der Waals surface area (Å²) in [5.41, 5.74) is 2.00. The zero-order valence-electron chi connectivity index (χ0n) is 11.4. The molecular formula is C14H9Cl2N3O4. The molecule has 0 radical (unpaired) electrons. The number of rotatable bonds is 4. The highest BCUT2D eigenvalue weighted by molar-refractivity contribution is 6.31. The Morgan fingerprint density at radius 3 is 2.48 bits per heavy atom. The maximum atomic E-state index is 11.8. The molecule has 0 saturated heterocycles. The standard InChI is InChI=1S/C14H9Cl2N3O4/c15-10-3-1-8(2-4-10)14(21)18-17-7-9-5-11(16)6-12(13(9)20)19(22)23/h1-7,20H,(H,18,21)/b17-7-. The van der Waals surface area contributed by atoms with Crippen LogP contribution in [-0.4, -0.2) is 22.2 Å². The second-order valence-corrected chi connectivity index (χ2v) is 5.20. The fourth-order valence-corrected chi connectivity index (χ4v) is 2.02. The third-order valence-electron chi connectivity index (χ3n) is 2.76. The van der Waals surface area contributed by atoms with Gasteiger partial charge in [0.25, 0.3) is 5.91 Å². The molecule has 0 fully saturated rings. The Hall–Kier alpha value is -2.64. The third kappa shape index (κ3) is 4.18. The molecule has 0 bridgehead atoms. The topological polar surface area (TPSA) is 105 Å². The quantitative estimate of drug-likeness (QED) is 0.499. The molecule has 2 aromatic carbocycles. The van der Waals surface area contributed by atoms with Crippen molar-refractivity contribution in [1.82, 2.24) is 5.43 Å². The minimum absolute atomic E-state index is 0.000561. The van der Waals surface area contributed by atoms with Gasteiger partial charge in [-0.05, 0) is 30.3 Å². The van der Waals surface area contributed by atoms with Crippen LogP contribution in [0, 0.1) is 10.1 Å². The maximum Gasteiger partial charge on any atom is 0.312 e. The lowest BCUT2D eigenvalue weighted by Crippen LogP contribution is -2.17. The van der Waals surface area contributed by atoms with E-state index < -0.39 is 22.3 Å². The van der Waals surface area contributed by atoms with Gasteiger partial charge in [-0.25, -0.2) is 5.43 Å². The number of carbonyl (C=O) groups excluding carboxylic acids is 1. The predicted molar refractivity (Wildman–Crippen MR) is 86.3 cm³/mol. The Balaban J connectivity index is 2.16. The van der Waals surface area contributed by atoms with E-state index in [1.165, 1.54) is 18.2 Å². The summed E-state index contributed by atoms with van der Waals surface area (Å²) < 4.78 is 0. The van der Waals surface area contributed by atoms with Crippen LogP contribution in [0.4, 0.5) is 5.69 Å². The molecule has 9 heteroatoms. The van der Waals surface area contributed by atoms with Gasteiger partial charge >= 0.3 is 5.69 Å². The Labute approximate surface area is 140 Å². The maximum absolute atomic E-state index is 11.8. The molecule has 1 amide bonds. The first kappa shape index (κ1) is 16.7. The van der Waals surface area contributed by atoms with E-state index in [0.717, 1.165) is 12.3 Å². The van der Waals surface area contributed by atoms with E-state index in [9.17, 15) is 20.0 Å². The lowest BCUT2D eigenvalue weighted by atomic mass is 10.2. The molecule has 0 aliphatic heterocycles. The molecule has 2 N–H and O–H groups in total. The number of benzene rings is 2. The smallest absolute Gasteiger partial charge is 0.312 e. The Morgan fingerprint density at radius 2 is 1.87 bits per heavy atom.